The van der Waals surface area contributed by atoms with Crippen molar-refractivity contribution in [2.24, 2.45) is 0 Å². The van der Waals surface area contributed by atoms with Crippen LogP contribution in [0.5, 0.6) is 5.75 Å². The van der Waals surface area contributed by atoms with Gasteiger partial charge in [0.15, 0.2) is 12.2 Å². The lowest BCUT2D eigenvalue weighted by molar-refractivity contribution is -0.177. The van der Waals surface area contributed by atoms with Crippen molar-refractivity contribution in [2.45, 2.75) is 19.2 Å². The van der Waals surface area contributed by atoms with Gasteiger partial charge in [-0.25, -0.2) is 14.7 Å². The molecule has 0 bridgehead atoms. The number of methoxy groups -OCH3 is 1. The predicted octanol–water partition coefficient (Wildman–Crippen LogP) is 1.44. The molecular weight excluding hydrogens is 388 g/mol. The van der Waals surface area contributed by atoms with Gasteiger partial charge >= 0.3 is 0 Å². The van der Waals surface area contributed by atoms with E-state index in [-0.39, 0.29) is 6.04 Å². The topological polar surface area (TPSA) is 120 Å². The van der Waals surface area contributed by atoms with Gasteiger partial charge in [0, 0.05) is 25.5 Å². The summed E-state index contributed by atoms with van der Waals surface area (Å²) in [5.74, 6) is 0.778. The van der Waals surface area contributed by atoms with Crippen LogP contribution in [0.25, 0.3) is 16.9 Å². The highest BCUT2D eigenvalue weighted by molar-refractivity contribution is 5.69. The molecule has 0 saturated carbocycles. The molecule has 156 valence electrons. The van der Waals surface area contributed by atoms with Crippen molar-refractivity contribution in [3.8, 4) is 11.4 Å². The first-order valence-corrected chi connectivity index (χ1v) is 9.60. The Hall–Kier alpha value is -3.64. The molecule has 1 fully saturated rings. The van der Waals surface area contributed by atoms with Crippen LogP contribution in [0.2, 0.25) is 0 Å². The summed E-state index contributed by atoms with van der Waals surface area (Å²) < 4.78 is 8.63. The Morgan fingerprint density at radius 3 is 2.93 bits per heavy atom. The maximum Gasteiger partial charge on any atom is 0.206 e. The highest BCUT2D eigenvalue weighted by atomic mass is 16.7. The largest absolute Gasteiger partial charge is 0.497 e. The number of ether oxygens (including phenoxy) is 1. The highest BCUT2D eigenvalue weighted by Gasteiger charge is 2.25. The van der Waals surface area contributed by atoms with Crippen LogP contribution in [-0.4, -0.2) is 70.2 Å². The number of rotatable bonds is 6. The molecule has 0 spiro atoms. The van der Waals surface area contributed by atoms with E-state index in [1.165, 1.54) is 0 Å². The lowest BCUT2D eigenvalue weighted by Gasteiger charge is -2.16. The van der Waals surface area contributed by atoms with Crippen LogP contribution < -0.4 is 4.74 Å². The van der Waals surface area contributed by atoms with Crippen LogP contribution in [0.4, 0.5) is 0 Å². The fourth-order valence-corrected chi connectivity index (χ4v) is 3.39. The first-order valence-electron chi connectivity index (χ1n) is 9.60. The average molecular weight is 410 g/mol. The quantitative estimate of drug-likeness (QED) is 0.493. The Bertz CT molecular complexity index is 1140. The summed E-state index contributed by atoms with van der Waals surface area (Å²) in [6, 6.07) is 9.60. The van der Waals surface area contributed by atoms with Crippen molar-refractivity contribution in [2.75, 3.05) is 20.2 Å². The summed E-state index contributed by atoms with van der Waals surface area (Å²) >= 11 is 0. The summed E-state index contributed by atoms with van der Waals surface area (Å²) in [6.45, 7) is 1.93. The minimum absolute atomic E-state index is 0.161. The van der Waals surface area contributed by atoms with E-state index in [0.717, 1.165) is 30.9 Å². The van der Waals surface area contributed by atoms with Gasteiger partial charge < -0.3 is 4.74 Å². The van der Waals surface area contributed by atoms with Crippen molar-refractivity contribution < 1.29 is 9.57 Å². The van der Waals surface area contributed by atoms with Crippen LogP contribution >= 0.6 is 0 Å². The third-order valence-corrected chi connectivity index (χ3v) is 5.02. The van der Waals surface area contributed by atoms with Crippen LogP contribution in [-0.2, 0) is 11.6 Å². The Balaban J connectivity index is 1.33. The van der Waals surface area contributed by atoms with Gasteiger partial charge in [0.1, 0.15) is 5.75 Å². The van der Waals surface area contributed by atoms with Crippen molar-refractivity contribution in [3.05, 3.63) is 48.9 Å². The Morgan fingerprint density at radius 1 is 1.23 bits per heavy atom. The number of hydrogen-bond acceptors (Lipinski definition) is 7. The van der Waals surface area contributed by atoms with Crippen molar-refractivity contribution in [3.63, 3.8) is 0 Å². The fourth-order valence-electron chi connectivity index (χ4n) is 3.39. The van der Waals surface area contributed by atoms with Gasteiger partial charge in [0.25, 0.3) is 0 Å². The number of aromatic amines is 2. The van der Waals surface area contributed by atoms with Gasteiger partial charge in [-0.2, -0.15) is 14.8 Å². The van der Waals surface area contributed by atoms with Crippen molar-refractivity contribution in [1.29, 1.82) is 0 Å². The molecule has 1 aromatic carbocycles. The SMILES string of the molecule is COc1ccc(-n2nnc3c[nH]n(C4CCN(OCn5cccn5)C4)[nH]nc32)cc1. The van der Waals surface area contributed by atoms with E-state index in [1.807, 2.05) is 46.4 Å². The van der Waals surface area contributed by atoms with Gasteiger partial charge in [-0.05, 0) is 36.8 Å². The molecule has 5 rings (SSSR count). The van der Waals surface area contributed by atoms with Gasteiger partial charge in [-0.3, -0.25) is 9.94 Å². The molecule has 0 aliphatic carbocycles. The molecule has 12 nitrogen and oxygen atoms in total. The third-order valence-electron chi connectivity index (χ3n) is 5.02. The molecule has 1 atom stereocenters. The van der Waals surface area contributed by atoms with Crippen LogP contribution in [0.1, 0.15) is 12.5 Å². The highest BCUT2D eigenvalue weighted by Crippen LogP contribution is 2.20. The maximum absolute atomic E-state index is 5.82. The molecule has 2 N–H and O–H groups in total. The second-order valence-electron chi connectivity index (χ2n) is 6.90. The van der Waals surface area contributed by atoms with E-state index in [2.05, 4.69) is 30.8 Å². The molecule has 30 heavy (non-hydrogen) atoms. The second kappa shape index (κ2) is 8.00. The Morgan fingerprint density at radius 2 is 2.13 bits per heavy atom. The van der Waals surface area contributed by atoms with Gasteiger partial charge in [-0.15, -0.1) is 10.2 Å². The summed E-state index contributed by atoms with van der Waals surface area (Å²) in [5.41, 5.74) is 2.10. The molecule has 0 radical (unpaired) electrons. The van der Waals surface area contributed by atoms with Crippen LogP contribution in [0.15, 0.2) is 48.9 Å². The average Bonchev–Trinajstić information content (AvgIpc) is 3.52. The van der Waals surface area contributed by atoms with Crippen molar-refractivity contribution >= 4 is 11.2 Å². The minimum Gasteiger partial charge on any atom is -0.497 e. The standard InChI is InChI=1S/C18H22N10O2/c1-29-16-5-3-14(4-6-16)27-18-17(21-23-27)11-20-28(24-22-18)15-7-10-26(12-15)30-13-25-9-2-8-19-25/h2-6,8-9,11,15,20,24H,7,10,12-13H2,1H3. The number of nitrogens with one attached hydrogen (secondary N) is 2. The summed E-state index contributed by atoms with van der Waals surface area (Å²) in [5, 5.41) is 25.3. The normalized spacial score (nSPS) is 16.9. The van der Waals surface area contributed by atoms with Gasteiger partial charge in [0.05, 0.1) is 25.0 Å². The molecule has 4 heterocycles. The predicted molar refractivity (Wildman–Crippen MR) is 106 cm³/mol. The van der Waals surface area contributed by atoms with Crippen LogP contribution in [0.3, 0.4) is 0 Å². The second-order valence-corrected chi connectivity index (χ2v) is 6.90. The number of fused-ring (bicyclic) bond motifs is 1. The lowest BCUT2D eigenvalue weighted by atomic mass is 10.3. The molecule has 0 amide bonds. The number of nitrogens with zero attached hydrogens (tertiary/aromatic N) is 8. The molecule has 1 aliphatic heterocycles. The fraction of sp³-hybridized carbons (Fsp3) is 0.333. The first kappa shape index (κ1) is 18.4. The van der Waals surface area contributed by atoms with Crippen molar-refractivity contribution in [1.82, 2.24) is 50.0 Å². The third kappa shape index (κ3) is 3.65. The first-order chi connectivity index (χ1) is 14.8. The van der Waals surface area contributed by atoms with E-state index in [1.54, 1.807) is 28.9 Å². The number of benzene rings is 1. The van der Waals surface area contributed by atoms with Gasteiger partial charge in [0.2, 0.25) is 5.65 Å². The Kier molecular flexibility index (Phi) is 4.91. The minimum atomic E-state index is 0.161. The number of aromatic nitrogens is 9. The molecule has 1 saturated heterocycles. The van der Waals surface area contributed by atoms with E-state index in [0.29, 0.717) is 17.9 Å². The van der Waals surface area contributed by atoms with E-state index in [4.69, 9.17) is 9.57 Å². The molecule has 1 unspecified atom stereocenters. The molecular formula is C18H22N10O2. The maximum atomic E-state index is 5.82. The van der Waals surface area contributed by atoms with E-state index < -0.39 is 0 Å². The van der Waals surface area contributed by atoms with E-state index >= 15 is 0 Å². The monoisotopic (exact) mass is 410 g/mol. The zero-order valence-corrected chi connectivity index (χ0v) is 16.4. The smallest absolute Gasteiger partial charge is 0.206 e. The lowest BCUT2D eigenvalue weighted by Crippen LogP contribution is -2.24. The molecule has 12 heteroatoms. The zero-order chi connectivity index (χ0) is 20.3. The number of H-pyrrole nitrogens is 2. The Labute approximate surface area is 171 Å². The zero-order valence-electron chi connectivity index (χ0n) is 16.4. The number of hydroxylamine groups is 2. The molecule has 4 aromatic rings. The van der Waals surface area contributed by atoms with Crippen LogP contribution in [0, 0.1) is 0 Å². The molecule has 1 aliphatic rings. The van der Waals surface area contributed by atoms with E-state index in [9.17, 15) is 0 Å². The molecule has 3 aromatic heterocycles. The summed E-state index contributed by atoms with van der Waals surface area (Å²) in [4.78, 5) is 7.67. The number of hydrogen-bond donors (Lipinski definition) is 2. The van der Waals surface area contributed by atoms with Gasteiger partial charge in [-0.1, -0.05) is 5.21 Å². The summed E-state index contributed by atoms with van der Waals surface area (Å²) in [7, 11) is 1.64. The summed E-state index contributed by atoms with van der Waals surface area (Å²) in [6.07, 6.45) is 6.31.